The number of ketones is 3. The monoisotopic (exact) mass is 1780 g/mol. The van der Waals surface area contributed by atoms with Crippen LogP contribution in [0, 0.1) is 23.7 Å². The molecule has 7 aromatic heterocycles. The van der Waals surface area contributed by atoms with Crippen molar-refractivity contribution in [1.29, 1.82) is 0 Å². The molecule has 6 N–H and O–H groups in total. The Bertz CT molecular complexity index is 5560. The molecule has 0 radical (unpaired) electrons. The van der Waals surface area contributed by atoms with Gasteiger partial charge in [-0.25, -0.2) is 39.9 Å². The zero-order valence-corrected chi connectivity index (χ0v) is 73.6. The predicted molar refractivity (Wildman–Crippen MR) is 481 cm³/mol. The highest BCUT2D eigenvalue weighted by Gasteiger charge is 2.39. The van der Waals surface area contributed by atoms with E-state index in [4.69, 9.17) is 128 Å². The number of likely N-dealkylation sites (tertiary alicyclic amines) is 2. The van der Waals surface area contributed by atoms with Crippen molar-refractivity contribution >= 4 is 166 Å². The van der Waals surface area contributed by atoms with Crippen LogP contribution in [-0.4, -0.2) is 223 Å². The molecule has 5 fully saturated rings. The Hall–Kier alpha value is -10.8. The van der Waals surface area contributed by atoms with Gasteiger partial charge >= 0.3 is 0 Å². The van der Waals surface area contributed by atoms with Crippen molar-refractivity contribution < 1.29 is 52.3 Å². The zero-order valence-electron chi connectivity index (χ0n) is 69.1. The van der Waals surface area contributed by atoms with Crippen molar-refractivity contribution in [2.75, 3.05) is 153 Å². The lowest BCUT2D eigenvalue weighted by Crippen LogP contribution is -2.31. The molecule has 30 nitrogen and oxygen atoms in total. The molecule has 0 bridgehead atoms. The Morgan fingerprint density at radius 1 is 0.508 bits per heavy atom. The predicted octanol–water partition coefficient (Wildman–Crippen LogP) is 15.4. The van der Waals surface area contributed by atoms with Gasteiger partial charge in [-0.3, -0.25) is 23.9 Å². The third kappa shape index (κ3) is 20.1. The van der Waals surface area contributed by atoms with E-state index in [2.05, 4.69) is 88.5 Å². The first-order valence-corrected chi connectivity index (χ1v) is 41.7. The fourth-order valence-electron chi connectivity index (χ4n) is 15.5. The van der Waals surface area contributed by atoms with Gasteiger partial charge in [0.25, 0.3) is 0 Å². The van der Waals surface area contributed by atoms with E-state index in [1.165, 1.54) is 66.4 Å². The molecular formula is C86H95Cl6N19O11. The second kappa shape index (κ2) is 39.6. The van der Waals surface area contributed by atoms with Gasteiger partial charge in [-0.05, 0) is 74.7 Å². The van der Waals surface area contributed by atoms with E-state index in [9.17, 15) is 19.2 Å². The minimum Gasteiger partial charge on any atom is -0.495 e. The van der Waals surface area contributed by atoms with Crippen molar-refractivity contribution in [1.82, 2.24) is 59.5 Å². The van der Waals surface area contributed by atoms with Gasteiger partial charge in [-0.2, -0.15) is 5.10 Å². The molecule has 0 spiro atoms. The summed E-state index contributed by atoms with van der Waals surface area (Å²) < 4.78 is 40.1. The number of anilines is 7. The van der Waals surface area contributed by atoms with Crippen molar-refractivity contribution in [2.45, 2.75) is 69.6 Å². The maximum Gasteiger partial charge on any atom is 0.223 e. The number of carbonyl (C=O) groups excluding carboxylic acids is 4. The Morgan fingerprint density at radius 2 is 0.959 bits per heavy atom. The quantitative estimate of drug-likeness (QED) is 0.0220. The number of aromatic nitrogens is 10. The summed E-state index contributed by atoms with van der Waals surface area (Å²) in [5, 5.41) is 30.0. The second-order valence-electron chi connectivity index (χ2n) is 30.3. The second-order valence-corrected chi connectivity index (χ2v) is 32.6. The van der Waals surface area contributed by atoms with Gasteiger partial charge in [0.05, 0.1) is 126 Å². The van der Waals surface area contributed by atoms with Crippen LogP contribution in [0.4, 0.5) is 40.9 Å². The summed E-state index contributed by atoms with van der Waals surface area (Å²) in [5.41, 5.74) is 5.22. The van der Waals surface area contributed by atoms with Crippen LogP contribution in [0.5, 0.6) is 34.5 Å². The van der Waals surface area contributed by atoms with Gasteiger partial charge in [0, 0.05) is 198 Å². The summed E-state index contributed by atoms with van der Waals surface area (Å²) in [6, 6.07) is 12.3. The van der Waals surface area contributed by atoms with Gasteiger partial charge in [0.1, 0.15) is 57.2 Å². The number of aryl methyl sites for hydroxylation is 1. The first kappa shape index (κ1) is 88.9. The van der Waals surface area contributed by atoms with Crippen LogP contribution in [0.2, 0.25) is 30.1 Å². The SMILES string of the molecule is C=CC(=O)C[C@H]1CN(C(C)=O)C[C@H]1Nc1ncc2cc(-c3c(Cl)c(OC)cc(OC)c3Cl)nc(NC)c2n1.C=CC(=O)C[C@H]1CN(C)C[C@H]1Nc1cc2c(NCC3CC3)nc(-c3c(Cl)c(OC)cc(OC)c3Cl)cc2cn1.C=CC(=O)C[C@H]1CN(c2cnn(C)c2)C[C@H]1Nc1ncc2cc(-c3c(Cl)c(OC)cc(OC)c3Cl)nc(NC3CCOC3)c2n1. The number of benzene rings is 3. The van der Waals surface area contributed by atoms with E-state index in [1.807, 2.05) is 43.8 Å². The first-order chi connectivity index (χ1) is 58.8. The molecule has 1 saturated carbocycles. The lowest BCUT2D eigenvalue weighted by Gasteiger charge is -2.20. The molecule has 4 saturated heterocycles. The minimum atomic E-state index is -0.202. The molecule has 1 amide bonds. The molecule has 122 heavy (non-hydrogen) atoms. The molecule has 10 aromatic rings. The van der Waals surface area contributed by atoms with Gasteiger partial charge in [-0.1, -0.05) is 89.3 Å². The number of amides is 1. The molecule has 4 aliphatic heterocycles. The van der Waals surface area contributed by atoms with Crippen LogP contribution in [-0.2, 0) is 31.0 Å². The zero-order chi connectivity index (χ0) is 86.9. The number of ether oxygens (including phenoxy) is 7. The number of fused-ring (bicyclic) bond motifs is 3. The topological polar surface area (TPSA) is 336 Å². The van der Waals surface area contributed by atoms with E-state index in [0.29, 0.717) is 197 Å². The number of pyridine rings is 4. The Kier molecular flexibility index (Phi) is 28.8. The molecule has 3 aromatic carbocycles. The normalized spacial score (nSPS) is 18.6. The fourth-order valence-corrected chi connectivity index (χ4v) is 17.6. The molecule has 1 aliphatic carbocycles. The van der Waals surface area contributed by atoms with E-state index in [0.717, 1.165) is 59.5 Å². The van der Waals surface area contributed by atoms with Crippen LogP contribution in [0.1, 0.15) is 45.4 Å². The van der Waals surface area contributed by atoms with Crippen LogP contribution in [0.3, 0.4) is 0 Å². The van der Waals surface area contributed by atoms with E-state index < -0.39 is 0 Å². The summed E-state index contributed by atoms with van der Waals surface area (Å²) in [5.74, 6) is 6.44. The number of nitrogens with one attached hydrogen (secondary N) is 6. The summed E-state index contributed by atoms with van der Waals surface area (Å²) in [6.07, 6.45) is 17.4. The molecule has 642 valence electrons. The molecule has 5 aliphatic rings. The summed E-state index contributed by atoms with van der Waals surface area (Å²) in [6.45, 7) is 18.3. The van der Waals surface area contributed by atoms with E-state index in [1.54, 1.807) is 67.5 Å². The molecule has 1 unspecified atom stereocenters. The number of nitrogens with zero attached hydrogens (tertiary/aromatic N) is 13. The third-order valence-electron chi connectivity index (χ3n) is 22.1. The van der Waals surface area contributed by atoms with Gasteiger partial charge < -0.3 is 79.8 Å². The van der Waals surface area contributed by atoms with E-state index >= 15 is 0 Å². The molecule has 7 atom stereocenters. The van der Waals surface area contributed by atoms with Gasteiger partial charge in [0.2, 0.25) is 17.8 Å². The average Bonchev–Trinajstić information content (AvgIpc) is 1.06. The minimum absolute atomic E-state index is 0.00670. The van der Waals surface area contributed by atoms with Crippen molar-refractivity contribution in [2.24, 2.45) is 30.7 Å². The number of halogens is 6. The number of allylic oxidation sites excluding steroid dienone is 3. The highest BCUT2D eigenvalue weighted by molar-refractivity contribution is 6.42. The highest BCUT2D eigenvalue weighted by Crippen LogP contribution is 2.50. The van der Waals surface area contributed by atoms with Crippen LogP contribution < -0.4 is 65.2 Å². The number of methoxy groups -OCH3 is 6. The number of hydrogen-bond acceptors (Lipinski definition) is 28. The number of carbonyl (C=O) groups is 4. The smallest absolute Gasteiger partial charge is 0.223 e. The summed E-state index contributed by atoms with van der Waals surface area (Å²) in [4.78, 5) is 92.8. The standard InChI is InChI=1S/C31H34Cl2N8O4.C29H33Cl2N5O3.C26H28Cl2N6O4/c1-5-21(42)8-18-13-41(20-12-35-40(2)14-20)15-23(18)38-31-34-11-17-9-22(26-27(32)24(43-3)10-25(44-4)28(26)33)37-30(29(17)39-31)36-19-6-7-45-16-19;1-5-19(37)8-18-14-36(2)15-22(18)34-25-10-20-17(13-32-25)9-21(35-29(20)33-12-16-6-7-16)26-27(30)23(38-3)11-24(39-4)28(26)31;1-6-16(36)7-15-11-34(13(2)35)12-18(15)32-26-30-10-14-8-17(31-25(29-3)24(14)33-26)21-22(27)19(37-4)9-20(38-5)23(21)28/h5,9-12,14,18-19,23H,1,6-8,13,15-16H2,2-4H3,(H,36,37)(H,34,38,39);5,9-11,13,16,18,22H,1,6-8,12,14-15H2,2-4H3,(H,32,34)(H,33,35);6,8-10,15,18H,1,7,11-12H2,2-5H3,(H,29,31)(H,30,32,33)/t18-,19?,23+;18-,22+;15-,18+/m000/s1. The average molecular weight is 1780 g/mol. The molecule has 36 heteroatoms. The maximum atomic E-state index is 12.4. The van der Waals surface area contributed by atoms with E-state index in [-0.39, 0.29) is 71.6 Å². The summed E-state index contributed by atoms with van der Waals surface area (Å²) >= 11 is 40.2. The van der Waals surface area contributed by atoms with Gasteiger partial charge in [-0.15, -0.1) is 0 Å². The maximum absolute atomic E-state index is 12.4. The van der Waals surface area contributed by atoms with Gasteiger partial charge in [0.15, 0.2) is 29.0 Å². The lowest BCUT2D eigenvalue weighted by atomic mass is 9.97. The lowest BCUT2D eigenvalue weighted by molar-refractivity contribution is -0.128. The largest absolute Gasteiger partial charge is 0.495 e. The highest BCUT2D eigenvalue weighted by atomic mass is 35.5. The molecule has 15 rings (SSSR count). The third-order valence-corrected chi connectivity index (χ3v) is 24.4. The van der Waals surface area contributed by atoms with Crippen molar-refractivity contribution in [3.63, 3.8) is 0 Å². The Morgan fingerprint density at radius 3 is 1.41 bits per heavy atom. The Balaban J connectivity index is 0.000000158. The first-order valence-electron chi connectivity index (χ1n) is 39.4. The molecular weight excluding hydrogens is 1690 g/mol. The molecule has 11 heterocycles. The number of hydrogen-bond donors (Lipinski definition) is 6. The van der Waals surface area contributed by atoms with Crippen molar-refractivity contribution in [3.05, 3.63) is 142 Å². The van der Waals surface area contributed by atoms with Crippen LogP contribution >= 0.6 is 69.6 Å². The number of likely N-dealkylation sites (N-methyl/N-ethyl adjacent to an activating group) is 1. The van der Waals surface area contributed by atoms with Crippen LogP contribution in [0.25, 0.3) is 66.4 Å². The summed E-state index contributed by atoms with van der Waals surface area (Å²) in [7, 11) is 14.8. The van der Waals surface area contributed by atoms with Crippen molar-refractivity contribution in [3.8, 4) is 68.3 Å². The van der Waals surface area contributed by atoms with Crippen LogP contribution in [0.15, 0.2) is 111 Å². The fraction of sp³-hybridized carbons (Fsp3) is 0.384. The number of rotatable bonds is 31. The Labute approximate surface area is 736 Å².